The number of rotatable bonds is 9. The van der Waals surface area contributed by atoms with E-state index in [1.54, 1.807) is 0 Å². The van der Waals surface area contributed by atoms with Crippen molar-refractivity contribution in [1.29, 1.82) is 0 Å². The maximum absolute atomic E-state index is 12.1. The molecule has 0 bridgehead atoms. The van der Waals surface area contributed by atoms with Crippen molar-refractivity contribution in [3.05, 3.63) is 29.8 Å². The van der Waals surface area contributed by atoms with E-state index in [0.29, 0.717) is 13.0 Å². The number of benzene rings is 1. The standard InChI is InChI=1S/C20H31N3O3/c1-16(22-20(25)6-4-3-5-11-21-17(2)24)18-7-9-19(10-8-18)23-12-14-26-15-13-23/h7-10,16H,3-6,11-15H2,1-2H3,(H,21,24)(H,22,25). The third-order valence-electron chi connectivity index (χ3n) is 4.60. The highest BCUT2D eigenvalue weighted by Crippen LogP contribution is 2.20. The van der Waals surface area contributed by atoms with E-state index in [0.717, 1.165) is 51.1 Å². The molecule has 1 aromatic carbocycles. The van der Waals surface area contributed by atoms with Gasteiger partial charge in [-0.05, 0) is 37.5 Å². The molecule has 2 amide bonds. The van der Waals surface area contributed by atoms with Crippen LogP contribution < -0.4 is 15.5 Å². The molecule has 0 spiro atoms. The number of unbranched alkanes of at least 4 members (excludes halogenated alkanes) is 2. The van der Waals surface area contributed by atoms with Gasteiger partial charge in [-0.3, -0.25) is 9.59 Å². The molecule has 0 aromatic heterocycles. The molecule has 1 saturated heterocycles. The summed E-state index contributed by atoms with van der Waals surface area (Å²) < 4.78 is 5.38. The highest BCUT2D eigenvalue weighted by atomic mass is 16.5. The molecule has 1 heterocycles. The molecule has 1 atom stereocenters. The molecule has 1 fully saturated rings. The van der Waals surface area contributed by atoms with Crippen LogP contribution in [-0.4, -0.2) is 44.7 Å². The van der Waals surface area contributed by atoms with E-state index in [1.807, 2.05) is 6.92 Å². The van der Waals surface area contributed by atoms with Crippen LogP contribution in [0.15, 0.2) is 24.3 Å². The topological polar surface area (TPSA) is 70.7 Å². The fourth-order valence-corrected chi connectivity index (χ4v) is 3.04. The van der Waals surface area contributed by atoms with Gasteiger partial charge in [0.05, 0.1) is 19.3 Å². The zero-order valence-electron chi connectivity index (χ0n) is 15.9. The van der Waals surface area contributed by atoms with Crippen LogP contribution in [0.5, 0.6) is 0 Å². The van der Waals surface area contributed by atoms with Crippen LogP contribution in [0.3, 0.4) is 0 Å². The molecule has 0 radical (unpaired) electrons. The molecule has 6 heteroatoms. The van der Waals surface area contributed by atoms with E-state index >= 15 is 0 Å². The van der Waals surface area contributed by atoms with Crippen LogP contribution in [0.25, 0.3) is 0 Å². The molecule has 6 nitrogen and oxygen atoms in total. The molecule has 1 aliphatic rings. The smallest absolute Gasteiger partial charge is 0.220 e. The maximum Gasteiger partial charge on any atom is 0.220 e. The summed E-state index contributed by atoms with van der Waals surface area (Å²) in [4.78, 5) is 25.2. The van der Waals surface area contributed by atoms with Crippen molar-refractivity contribution < 1.29 is 14.3 Å². The Bertz CT molecular complexity index is 568. The predicted octanol–water partition coefficient (Wildman–Crippen LogP) is 2.40. The van der Waals surface area contributed by atoms with E-state index < -0.39 is 0 Å². The zero-order valence-corrected chi connectivity index (χ0v) is 15.9. The molecular weight excluding hydrogens is 330 g/mol. The average Bonchev–Trinajstić information content (AvgIpc) is 2.65. The molecule has 2 rings (SSSR count). The van der Waals surface area contributed by atoms with Gasteiger partial charge in [-0.2, -0.15) is 0 Å². The van der Waals surface area contributed by atoms with Gasteiger partial charge in [-0.15, -0.1) is 0 Å². The van der Waals surface area contributed by atoms with Crippen molar-refractivity contribution in [2.45, 2.75) is 45.6 Å². The van der Waals surface area contributed by atoms with Gasteiger partial charge in [0.1, 0.15) is 0 Å². The highest BCUT2D eigenvalue weighted by molar-refractivity contribution is 5.76. The quantitative estimate of drug-likeness (QED) is 0.663. The van der Waals surface area contributed by atoms with Gasteiger partial charge in [-0.25, -0.2) is 0 Å². The molecular formula is C20H31N3O3. The number of hydrogen-bond donors (Lipinski definition) is 2. The van der Waals surface area contributed by atoms with Crippen LogP contribution in [0.1, 0.15) is 51.1 Å². The molecule has 0 aliphatic carbocycles. The number of carbonyl (C=O) groups excluding carboxylic acids is 2. The second kappa shape index (κ2) is 10.8. The van der Waals surface area contributed by atoms with Gasteiger partial charge in [0.15, 0.2) is 0 Å². The van der Waals surface area contributed by atoms with Gasteiger partial charge in [0.2, 0.25) is 11.8 Å². The van der Waals surface area contributed by atoms with Crippen LogP contribution in [-0.2, 0) is 14.3 Å². The lowest BCUT2D eigenvalue weighted by Crippen LogP contribution is -2.36. The normalized spacial score (nSPS) is 15.4. The minimum absolute atomic E-state index is 0.000573. The summed E-state index contributed by atoms with van der Waals surface area (Å²) >= 11 is 0. The predicted molar refractivity (Wildman–Crippen MR) is 103 cm³/mol. The molecule has 0 saturated carbocycles. The van der Waals surface area contributed by atoms with Crippen molar-refractivity contribution in [3.63, 3.8) is 0 Å². The Morgan fingerprint density at radius 3 is 2.46 bits per heavy atom. The molecule has 1 aromatic rings. The molecule has 1 aliphatic heterocycles. The molecule has 144 valence electrons. The zero-order chi connectivity index (χ0) is 18.8. The number of nitrogens with one attached hydrogen (secondary N) is 2. The Hall–Kier alpha value is -2.08. The third-order valence-corrected chi connectivity index (χ3v) is 4.60. The summed E-state index contributed by atoms with van der Waals surface area (Å²) in [6.07, 6.45) is 3.21. The van der Waals surface area contributed by atoms with E-state index in [4.69, 9.17) is 4.74 Å². The van der Waals surface area contributed by atoms with Crippen molar-refractivity contribution in [2.24, 2.45) is 0 Å². The van der Waals surface area contributed by atoms with Gasteiger partial charge < -0.3 is 20.3 Å². The minimum Gasteiger partial charge on any atom is -0.378 e. The van der Waals surface area contributed by atoms with Gasteiger partial charge >= 0.3 is 0 Å². The minimum atomic E-state index is -0.00351. The van der Waals surface area contributed by atoms with Crippen LogP contribution in [0.2, 0.25) is 0 Å². The van der Waals surface area contributed by atoms with Crippen LogP contribution in [0, 0.1) is 0 Å². The number of carbonyl (C=O) groups is 2. The molecule has 1 unspecified atom stereocenters. The summed E-state index contributed by atoms with van der Waals surface area (Å²) in [7, 11) is 0. The van der Waals surface area contributed by atoms with Gasteiger partial charge in [-0.1, -0.05) is 18.6 Å². The maximum atomic E-state index is 12.1. The number of hydrogen-bond acceptors (Lipinski definition) is 4. The Morgan fingerprint density at radius 1 is 1.12 bits per heavy atom. The molecule has 2 N–H and O–H groups in total. The monoisotopic (exact) mass is 361 g/mol. The first-order valence-corrected chi connectivity index (χ1v) is 9.52. The second-order valence-corrected chi connectivity index (χ2v) is 6.77. The number of nitrogens with zero attached hydrogens (tertiary/aromatic N) is 1. The number of anilines is 1. The van der Waals surface area contributed by atoms with Crippen LogP contribution in [0.4, 0.5) is 5.69 Å². The Kier molecular flexibility index (Phi) is 8.41. The third kappa shape index (κ3) is 7.04. The van der Waals surface area contributed by atoms with Gasteiger partial charge in [0, 0.05) is 38.7 Å². The Balaban J connectivity index is 1.68. The fraction of sp³-hybridized carbons (Fsp3) is 0.600. The SMILES string of the molecule is CC(=O)NCCCCCC(=O)NC(C)c1ccc(N2CCOCC2)cc1. The first-order chi connectivity index (χ1) is 12.6. The highest BCUT2D eigenvalue weighted by Gasteiger charge is 2.13. The van der Waals surface area contributed by atoms with Crippen molar-refractivity contribution in [1.82, 2.24) is 10.6 Å². The number of ether oxygens (including phenoxy) is 1. The second-order valence-electron chi connectivity index (χ2n) is 6.77. The summed E-state index contributed by atoms with van der Waals surface area (Å²) in [6, 6.07) is 8.41. The fourth-order valence-electron chi connectivity index (χ4n) is 3.04. The van der Waals surface area contributed by atoms with Crippen molar-refractivity contribution in [3.8, 4) is 0 Å². The Labute approximate surface area is 156 Å². The summed E-state index contributed by atoms with van der Waals surface area (Å²) in [5, 5.41) is 5.83. The summed E-state index contributed by atoms with van der Waals surface area (Å²) in [5.74, 6) is 0.0745. The van der Waals surface area contributed by atoms with Crippen molar-refractivity contribution >= 4 is 17.5 Å². The summed E-state index contributed by atoms with van der Waals surface area (Å²) in [5.41, 5.74) is 2.32. The lowest BCUT2D eigenvalue weighted by molar-refractivity contribution is -0.122. The van der Waals surface area contributed by atoms with E-state index in [-0.39, 0.29) is 17.9 Å². The lowest BCUT2D eigenvalue weighted by atomic mass is 10.1. The van der Waals surface area contributed by atoms with E-state index in [9.17, 15) is 9.59 Å². The van der Waals surface area contributed by atoms with Crippen molar-refractivity contribution in [2.75, 3.05) is 37.7 Å². The number of morpholine rings is 1. The van der Waals surface area contributed by atoms with E-state index in [1.165, 1.54) is 12.6 Å². The number of amides is 2. The lowest BCUT2D eigenvalue weighted by Gasteiger charge is -2.29. The van der Waals surface area contributed by atoms with E-state index in [2.05, 4.69) is 39.8 Å². The summed E-state index contributed by atoms with van der Waals surface area (Å²) in [6.45, 7) is 7.61. The van der Waals surface area contributed by atoms with Gasteiger partial charge in [0.25, 0.3) is 0 Å². The largest absolute Gasteiger partial charge is 0.378 e. The van der Waals surface area contributed by atoms with Crippen LogP contribution >= 0.6 is 0 Å². The molecule has 26 heavy (non-hydrogen) atoms. The Morgan fingerprint density at radius 2 is 1.81 bits per heavy atom. The average molecular weight is 361 g/mol. The first-order valence-electron chi connectivity index (χ1n) is 9.52. The first kappa shape index (κ1) is 20.2.